The predicted octanol–water partition coefficient (Wildman–Crippen LogP) is 0.779. The van der Waals surface area contributed by atoms with E-state index in [4.69, 9.17) is 23.2 Å². The maximum Gasteiger partial charge on any atom is 0.413 e. The van der Waals surface area contributed by atoms with E-state index in [1.54, 1.807) is 4.24 Å². The Bertz CT molecular complexity index is 115. The average Bonchev–Trinajstić information content (AvgIpc) is 2.08. The molecule has 0 amide bonds. The minimum Gasteiger partial charge on any atom is -0.359 e. The van der Waals surface area contributed by atoms with Crippen LogP contribution in [0.5, 0.6) is 0 Å². The number of nitrogens with zero attached hydrogens (tertiary/aromatic N) is 3. The van der Waals surface area contributed by atoms with Gasteiger partial charge in [-0.25, -0.2) is 0 Å². The van der Waals surface area contributed by atoms with Crippen LogP contribution in [-0.4, -0.2) is 48.1 Å². The summed E-state index contributed by atoms with van der Waals surface area (Å²) in [6.45, 7) is 4.62. The largest absolute Gasteiger partial charge is 0.413 e. The molecule has 12 heavy (non-hydrogen) atoms. The topological polar surface area (TPSA) is 9.72 Å². The fourth-order valence-electron chi connectivity index (χ4n) is 1.30. The highest BCUT2D eigenvalue weighted by molar-refractivity contribution is 7.13. The molecular formula is C4H12B3Cl2N3. The van der Waals surface area contributed by atoms with Crippen molar-refractivity contribution in [2.24, 2.45) is 0 Å². The molecule has 0 atom stereocenters. The summed E-state index contributed by atoms with van der Waals surface area (Å²) in [5, 5.41) is 0. The van der Waals surface area contributed by atoms with Gasteiger partial charge in [0.2, 0.25) is 0 Å². The predicted molar refractivity (Wildman–Crippen MR) is 58.1 cm³/mol. The Kier molecular flexibility index (Phi) is 3.40. The quantitative estimate of drug-likeness (QED) is 0.427. The third-order valence-electron chi connectivity index (χ3n) is 2.66. The standard InChI is InChI=1S/C4H12B3Cl2N3/c1-5-10(3)6(2)12(9)7(8)11(5)4/h1-4H3. The van der Waals surface area contributed by atoms with E-state index < -0.39 is 0 Å². The summed E-state index contributed by atoms with van der Waals surface area (Å²) in [4.78, 5) is 0. The zero-order valence-electron chi connectivity index (χ0n) is 7.83. The lowest BCUT2D eigenvalue weighted by molar-refractivity contribution is 0.603. The van der Waals surface area contributed by atoms with Crippen molar-refractivity contribution in [3.8, 4) is 0 Å². The first-order valence-electron chi connectivity index (χ1n) is 3.99. The molecule has 1 fully saturated rings. The SMILES string of the molecule is CB1N(C)B(C)N(Cl)B(Cl)N1C. The molecule has 0 unspecified atom stereocenters. The molecule has 3 nitrogen and oxygen atoms in total. The van der Waals surface area contributed by atoms with Gasteiger partial charge in [-0.3, -0.25) is 4.24 Å². The van der Waals surface area contributed by atoms with Crippen LogP contribution in [0.4, 0.5) is 0 Å². The monoisotopic (exact) mass is 205 g/mol. The first-order chi connectivity index (χ1) is 5.46. The van der Waals surface area contributed by atoms with E-state index in [0.29, 0.717) is 6.98 Å². The molecule has 0 aliphatic carbocycles. The molecule has 1 heterocycles. The van der Waals surface area contributed by atoms with Gasteiger partial charge in [0, 0.05) is 0 Å². The molecule has 0 aromatic rings. The van der Waals surface area contributed by atoms with Crippen molar-refractivity contribution >= 4 is 43.6 Å². The van der Waals surface area contributed by atoms with Crippen molar-refractivity contribution in [3.05, 3.63) is 0 Å². The first-order valence-corrected chi connectivity index (χ1v) is 4.76. The van der Waals surface area contributed by atoms with E-state index in [1.807, 2.05) is 25.6 Å². The maximum absolute atomic E-state index is 6.07. The molecular weight excluding hydrogens is 193 g/mol. The molecule has 0 N–H and O–H groups in total. The van der Waals surface area contributed by atoms with Gasteiger partial charge in [-0.1, -0.05) is 13.6 Å². The van der Waals surface area contributed by atoms with Crippen molar-refractivity contribution in [1.29, 1.82) is 0 Å². The molecule has 0 radical (unpaired) electrons. The van der Waals surface area contributed by atoms with Crippen LogP contribution in [0.1, 0.15) is 0 Å². The van der Waals surface area contributed by atoms with Gasteiger partial charge in [0.1, 0.15) is 0 Å². The first kappa shape index (κ1) is 10.7. The van der Waals surface area contributed by atoms with Crippen LogP contribution < -0.4 is 0 Å². The minimum absolute atomic E-state index is 0.167. The van der Waals surface area contributed by atoms with Crippen LogP contribution in [0.15, 0.2) is 0 Å². The summed E-state index contributed by atoms with van der Waals surface area (Å²) in [5.74, 6) is 0. The number of halogens is 2. The van der Waals surface area contributed by atoms with Crippen LogP contribution in [0.2, 0.25) is 13.6 Å². The summed E-state index contributed by atoms with van der Waals surface area (Å²) in [7, 11) is 3.99. The molecule has 1 aliphatic rings. The average molecular weight is 206 g/mol. The summed E-state index contributed by atoms with van der Waals surface area (Å²) in [6, 6.07) is 0. The van der Waals surface area contributed by atoms with Crippen LogP contribution in [0, 0.1) is 0 Å². The lowest BCUT2D eigenvalue weighted by atomic mass is 9.54. The highest BCUT2D eigenvalue weighted by Gasteiger charge is 2.44. The summed E-state index contributed by atoms with van der Waals surface area (Å²) >= 11 is 12.1. The lowest BCUT2D eigenvalue weighted by Crippen LogP contribution is -2.70. The van der Waals surface area contributed by atoms with Crippen molar-refractivity contribution in [1.82, 2.24) is 13.7 Å². The molecule has 0 aromatic carbocycles. The van der Waals surface area contributed by atoms with E-state index in [2.05, 4.69) is 11.5 Å². The molecule has 1 aliphatic heterocycles. The van der Waals surface area contributed by atoms with Crippen LogP contribution >= 0.6 is 23.2 Å². The van der Waals surface area contributed by atoms with Crippen molar-refractivity contribution in [3.63, 3.8) is 0 Å². The molecule has 66 valence electrons. The normalized spacial score (nSPS) is 24.0. The van der Waals surface area contributed by atoms with Gasteiger partial charge in [-0.15, -0.1) is 11.5 Å². The molecule has 0 saturated carbocycles. The lowest BCUT2D eigenvalue weighted by Gasteiger charge is -2.44. The second-order valence-corrected chi connectivity index (χ2v) is 4.03. The van der Waals surface area contributed by atoms with Gasteiger partial charge < -0.3 is 9.44 Å². The fraction of sp³-hybridized carbons (Fsp3) is 1.00. The molecule has 0 spiro atoms. The third kappa shape index (κ3) is 1.63. The van der Waals surface area contributed by atoms with E-state index in [0.717, 1.165) is 0 Å². The fourth-order valence-corrected chi connectivity index (χ4v) is 1.91. The summed E-state index contributed by atoms with van der Waals surface area (Å²) < 4.78 is 5.78. The third-order valence-corrected chi connectivity index (χ3v) is 3.75. The summed E-state index contributed by atoms with van der Waals surface area (Å²) in [6.07, 6.45) is -0.229. The van der Waals surface area contributed by atoms with E-state index in [9.17, 15) is 0 Å². The van der Waals surface area contributed by atoms with Crippen LogP contribution in [0.3, 0.4) is 0 Å². The number of hydrogen-bond acceptors (Lipinski definition) is 3. The Hall–Kier alpha value is 0.655. The van der Waals surface area contributed by atoms with Gasteiger partial charge in [0.05, 0.1) is 0 Å². The Balaban J connectivity index is 2.76. The van der Waals surface area contributed by atoms with E-state index in [1.165, 1.54) is 0 Å². The Morgan fingerprint density at radius 2 is 1.50 bits per heavy atom. The smallest absolute Gasteiger partial charge is 0.359 e. The second kappa shape index (κ2) is 3.80. The zero-order valence-corrected chi connectivity index (χ0v) is 9.34. The van der Waals surface area contributed by atoms with E-state index >= 15 is 0 Å². The number of hydrogen-bond donors (Lipinski definition) is 0. The molecule has 1 saturated heterocycles. The minimum atomic E-state index is -0.229. The van der Waals surface area contributed by atoms with Gasteiger partial charge in [-0.2, -0.15) is 0 Å². The number of rotatable bonds is 0. The second-order valence-electron chi connectivity index (χ2n) is 3.25. The van der Waals surface area contributed by atoms with Gasteiger partial charge in [-0.05, 0) is 25.9 Å². The van der Waals surface area contributed by atoms with E-state index in [-0.39, 0.29) is 13.4 Å². The summed E-state index contributed by atoms with van der Waals surface area (Å²) in [5.41, 5.74) is 0. The highest BCUT2D eigenvalue weighted by atomic mass is 35.5. The maximum atomic E-state index is 6.07. The molecule has 0 aromatic heterocycles. The van der Waals surface area contributed by atoms with Gasteiger partial charge in [0.15, 0.2) is 0 Å². The highest BCUT2D eigenvalue weighted by Crippen LogP contribution is 2.20. The zero-order chi connectivity index (χ0) is 9.46. The van der Waals surface area contributed by atoms with Crippen molar-refractivity contribution in [2.75, 3.05) is 14.1 Å². The van der Waals surface area contributed by atoms with Crippen molar-refractivity contribution < 1.29 is 0 Å². The molecule has 8 heteroatoms. The Labute approximate surface area is 85.3 Å². The molecule has 1 rings (SSSR count). The Morgan fingerprint density at radius 3 is 2.00 bits per heavy atom. The van der Waals surface area contributed by atoms with Crippen LogP contribution in [-0.2, 0) is 0 Å². The van der Waals surface area contributed by atoms with Crippen molar-refractivity contribution in [2.45, 2.75) is 13.6 Å². The Morgan fingerprint density at radius 1 is 1.00 bits per heavy atom. The molecule has 0 bridgehead atoms. The van der Waals surface area contributed by atoms with Gasteiger partial charge in [0.25, 0.3) is 6.98 Å². The van der Waals surface area contributed by atoms with Gasteiger partial charge >= 0.3 is 13.4 Å². The van der Waals surface area contributed by atoms with Crippen LogP contribution in [0.25, 0.3) is 0 Å².